The summed E-state index contributed by atoms with van der Waals surface area (Å²) in [6.07, 6.45) is 0. The molecule has 0 saturated carbocycles. The van der Waals surface area contributed by atoms with Gasteiger partial charge in [0, 0.05) is 11.0 Å². The van der Waals surface area contributed by atoms with Crippen LogP contribution < -0.4 is 0 Å². The van der Waals surface area contributed by atoms with Crippen molar-refractivity contribution in [2.24, 2.45) is 0 Å². The van der Waals surface area contributed by atoms with Gasteiger partial charge in [0.25, 0.3) is 0 Å². The molecule has 0 aliphatic carbocycles. The fourth-order valence-electron chi connectivity index (χ4n) is 2.09. The zero-order valence-corrected chi connectivity index (χ0v) is 14.2. The van der Waals surface area contributed by atoms with Crippen LogP contribution in [0.25, 0.3) is 11.4 Å². The Morgan fingerprint density at radius 3 is 2.10 bits per heavy atom. The van der Waals surface area contributed by atoms with E-state index >= 15 is 0 Å². The Balaban J connectivity index is 0.00000200. The number of alkyl halides is 1. The van der Waals surface area contributed by atoms with E-state index in [4.69, 9.17) is 16.6 Å². The maximum absolute atomic E-state index is 6.27. The molecule has 110 valence electrons. The van der Waals surface area contributed by atoms with E-state index in [0.717, 1.165) is 22.8 Å². The summed E-state index contributed by atoms with van der Waals surface area (Å²) in [6, 6.07) is 8.36. The highest BCUT2D eigenvalue weighted by Gasteiger charge is 2.25. The van der Waals surface area contributed by atoms with Crippen molar-refractivity contribution in [1.82, 2.24) is 9.97 Å². The molecule has 20 heavy (non-hydrogen) atoms. The van der Waals surface area contributed by atoms with Crippen molar-refractivity contribution in [2.45, 2.75) is 45.4 Å². The molecule has 2 nitrogen and oxygen atoms in total. The molecule has 0 amide bonds. The Morgan fingerprint density at radius 1 is 1.15 bits per heavy atom. The number of halogens is 2. The standard InChI is InChI=1S/C16H21ClN2.ClH/c1-10-6-8-12(9-7-10)15-18-13(11(2)17)14(19-15)16(3,4)5;/h6-9,11H,1-5H3,(H,18,19);1H. The van der Waals surface area contributed by atoms with E-state index in [2.05, 4.69) is 56.9 Å². The molecule has 0 fully saturated rings. The SMILES string of the molecule is Cc1ccc(-c2nc(C(C)(C)C)c(C(C)Cl)[nH]2)cc1.Cl. The molecule has 0 saturated heterocycles. The molecule has 0 aliphatic heterocycles. The van der Waals surface area contributed by atoms with Gasteiger partial charge < -0.3 is 4.98 Å². The van der Waals surface area contributed by atoms with E-state index in [0.29, 0.717) is 0 Å². The molecule has 1 N–H and O–H groups in total. The maximum Gasteiger partial charge on any atom is 0.137 e. The highest BCUT2D eigenvalue weighted by atomic mass is 35.5. The maximum atomic E-state index is 6.27. The van der Waals surface area contributed by atoms with Crippen LogP contribution in [0.15, 0.2) is 24.3 Å². The van der Waals surface area contributed by atoms with Crippen molar-refractivity contribution in [1.29, 1.82) is 0 Å². The summed E-state index contributed by atoms with van der Waals surface area (Å²) >= 11 is 6.27. The first-order valence-electron chi connectivity index (χ1n) is 6.60. The lowest BCUT2D eigenvalue weighted by Gasteiger charge is -2.18. The number of aryl methyl sites for hydroxylation is 1. The largest absolute Gasteiger partial charge is 0.340 e. The van der Waals surface area contributed by atoms with Crippen LogP contribution in [-0.2, 0) is 5.41 Å². The highest BCUT2D eigenvalue weighted by molar-refractivity contribution is 6.20. The minimum atomic E-state index is -0.0686. The summed E-state index contributed by atoms with van der Waals surface area (Å²) in [5.41, 5.74) is 4.39. The van der Waals surface area contributed by atoms with Crippen LogP contribution in [0, 0.1) is 6.92 Å². The van der Waals surface area contributed by atoms with Crippen LogP contribution in [0.4, 0.5) is 0 Å². The summed E-state index contributed by atoms with van der Waals surface area (Å²) in [5, 5.41) is -0.0686. The first-order chi connectivity index (χ1) is 8.79. The second kappa shape index (κ2) is 6.19. The molecule has 1 aromatic heterocycles. The van der Waals surface area contributed by atoms with Crippen LogP contribution in [0.5, 0.6) is 0 Å². The van der Waals surface area contributed by atoms with Crippen LogP contribution in [0.1, 0.15) is 50.0 Å². The van der Waals surface area contributed by atoms with Gasteiger partial charge in [-0.1, -0.05) is 50.6 Å². The quantitative estimate of drug-likeness (QED) is 0.738. The van der Waals surface area contributed by atoms with Crippen molar-refractivity contribution in [2.75, 3.05) is 0 Å². The van der Waals surface area contributed by atoms with Crippen molar-refractivity contribution in [3.63, 3.8) is 0 Å². The smallest absolute Gasteiger partial charge is 0.137 e. The molecular weight excluding hydrogens is 291 g/mol. The first kappa shape index (κ1) is 17.1. The number of hydrogen-bond acceptors (Lipinski definition) is 1. The molecule has 2 rings (SSSR count). The summed E-state index contributed by atoms with van der Waals surface area (Å²) in [6.45, 7) is 10.5. The molecular formula is C16H22Cl2N2. The number of nitrogens with one attached hydrogen (secondary N) is 1. The van der Waals surface area contributed by atoms with Gasteiger partial charge in [0.2, 0.25) is 0 Å². The minimum absolute atomic E-state index is 0. The van der Waals surface area contributed by atoms with Crippen LogP contribution in [-0.4, -0.2) is 9.97 Å². The fraction of sp³-hybridized carbons (Fsp3) is 0.438. The Kier molecular flexibility index (Phi) is 5.28. The van der Waals surface area contributed by atoms with E-state index in [1.165, 1.54) is 5.56 Å². The molecule has 1 unspecified atom stereocenters. The normalized spacial score (nSPS) is 12.9. The first-order valence-corrected chi connectivity index (χ1v) is 7.04. The van der Waals surface area contributed by atoms with E-state index in [9.17, 15) is 0 Å². The molecule has 0 aliphatic rings. The predicted molar refractivity (Wildman–Crippen MR) is 89.0 cm³/mol. The second-order valence-corrected chi connectivity index (χ2v) is 6.73. The Labute approximate surface area is 132 Å². The van der Waals surface area contributed by atoms with Gasteiger partial charge in [-0.2, -0.15) is 0 Å². The Hall–Kier alpha value is -0.990. The zero-order valence-electron chi connectivity index (χ0n) is 12.6. The molecule has 1 atom stereocenters. The molecule has 1 heterocycles. The Morgan fingerprint density at radius 2 is 1.70 bits per heavy atom. The number of H-pyrrole nitrogens is 1. The van der Waals surface area contributed by atoms with Gasteiger partial charge in [0.1, 0.15) is 5.82 Å². The van der Waals surface area contributed by atoms with Crippen LogP contribution >= 0.6 is 24.0 Å². The molecule has 4 heteroatoms. The van der Waals surface area contributed by atoms with Gasteiger partial charge in [0.05, 0.1) is 16.8 Å². The lowest BCUT2D eigenvalue weighted by atomic mass is 9.90. The number of benzene rings is 1. The summed E-state index contributed by atoms with van der Waals surface area (Å²) in [5.74, 6) is 0.896. The number of imidazole rings is 1. The van der Waals surface area contributed by atoms with Crippen LogP contribution in [0.3, 0.4) is 0 Å². The number of hydrogen-bond donors (Lipinski definition) is 1. The molecule has 0 bridgehead atoms. The van der Waals surface area contributed by atoms with Gasteiger partial charge in [-0.15, -0.1) is 24.0 Å². The molecule has 2 aromatic rings. The topological polar surface area (TPSA) is 28.7 Å². The van der Waals surface area contributed by atoms with Crippen molar-refractivity contribution in [3.8, 4) is 11.4 Å². The summed E-state index contributed by atoms with van der Waals surface area (Å²) in [4.78, 5) is 8.14. The number of rotatable bonds is 2. The molecule has 0 spiro atoms. The van der Waals surface area contributed by atoms with Gasteiger partial charge in [0.15, 0.2) is 0 Å². The number of aromatic amines is 1. The molecule has 0 radical (unpaired) electrons. The van der Waals surface area contributed by atoms with Gasteiger partial charge in [-0.05, 0) is 13.8 Å². The van der Waals surface area contributed by atoms with Crippen molar-refractivity contribution in [3.05, 3.63) is 41.2 Å². The number of nitrogens with zero attached hydrogens (tertiary/aromatic N) is 1. The average Bonchev–Trinajstić information content (AvgIpc) is 2.74. The van der Waals surface area contributed by atoms with Crippen molar-refractivity contribution >= 4 is 24.0 Å². The van der Waals surface area contributed by atoms with E-state index in [1.54, 1.807) is 0 Å². The summed E-state index contributed by atoms with van der Waals surface area (Å²) < 4.78 is 0. The predicted octanol–water partition coefficient (Wildman–Crippen LogP) is 5.40. The average molecular weight is 313 g/mol. The third-order valence-electron chi connectivity index (χ3n) is 3.16. The fourth-order valence-corrected chi connectivity index (χ4v) is 2.25. The van der Waals surface area contributed by atoms with Gasteiger partial charge >= 0.3 is 0 Å². The zero-order chi connectivity index (χ0) is 14.2. The Bertz CT molecular complexity index is 563. The number of aromatic nitrogens is 2. The third-order valence-corrected chi connectivity index (χ3v) is 3.38. The lowest BCUT2D eigenvalue weighted by molar-refractivity contribution is 0.564. The molecule has 1 aromatic carbocycles. The van der Waals surface area contributed by atoms with Gasteiger partial charge in [-0.25, -0.2) is 4.98 Å². The van der Waals surface area contributed by atoms with E-state index in [1.807, 2.05) is 6.92 Å². The van der Waals surface area contributed by atoms with Crippen LogP contribution in [0.2, 0.25) is 0 Å². The van der Waals surface area contributed by atoms with Gasteiger partial charge in [-0.3, -0.25) is 0 Å². The second-order valence-electron chi connectivity index (χ2n) is 6.08. The minimum Gasteiger partial charge on any atom is -0.340 e. The lowest BCUT2D eigenvalue weighted by Crippen LogP contribution is -2.14. The van der Waals surface area contributed by atoms with E-state index < -0.39 is 0 Å². The van der Waals surface area contributed by atoms with E-state index in [-0.39, 0.29) is 23.2 Å². The van der Waals surface area contributed by atoms with Crippen molar-refractivity contribution < 1.29 is 0 Å². The summed E-state index contributed by atoms with van der Waals surface area (Å²) in [7, 11) is 0. The third kappa shape index (κ3) is 3.56. The highest BCUT2D eigenvalue weighted by Crippen LogP contribution is 2.32. The monoisotopic (exact) mass is 312 g/mol.